The lowest BCUT2D eigenvalue weighted by molar-refractivity contribution is -0.384. The van der Waals surface area contributed by atoms with Crippen LogP contribution in [0.3, 0.4) is 0 Å². The number of nitro groups is 1. The van der Waals surface area contributed by atoms with Crippen LogP contribution in [0.1, 0.15) is 76.3 Å². The number of nitrogen functional groups attached to an aromatic ring is 1. The second-order valence-electron chi connectivity index (χ2n) is 7.70. The van der Waals surface area contributed by atoms with Crippen molar-refractivity contribution in [3.05, 3.63) is 69.8 Å². The molecular weight excluding hydrogens is 436 g/mol. The van der Waals surface area contributed by atoms with Crippen molar-refractivity contribution in [1.29, 1.82) is 0 Å². The summed E-state index contributed by atoms with van der Waals surface area (Å²) in [6.45, 7) is 8.39. The van der Waals surface area contributed by atoms with Crippen LogP contribution in [0.4, 0.5) is 11.4 Å². The summed E-state index contributed by atoms with van der Waals surface area (Å²) in [7, 11) is 0. The average molecular weight is 473 g/mol. The number of ether oxygens (including phenoxy) is 2. The molecule has 0 spiro atoms. The predicted octanol–water partition coefficient (Wildman–Crippen LogP) is 5.76. The highest BCUT2D eigenvalue weighted by molar-refractivity contribution is 5.78. The molecule has 0 aromatic heterocycles. The second kappa shape index (κ2) is 15.4. The Labute approximate surface area is 201 Å². The average Bonchev–Trinajstić information content (AvgIpc) is 2.82. The minimum absolute atomic E-state index is 0.0258. The fraction of sp³-hybridized carbons (Fsp3) is 0.462. The molecule has 0 radical (unpaired) electrons. The number of rotatable bonds is 11. The fourth-order valence-corrected chi connectivity index (χ4v) is 3.46. The van der Waals surface area contributed by atoms with E-state index in [0.29, 0.717) is 25.3 Å². The summed E-state index contributed by atoms with van der Waals surface area (Å²) >= 11 is 0. The van der Waals surface area contributed by atoms with E-state index in [1.807, 2.05) is 38.1 Å². The quantitative estimate of drug-likeness (QED) is 0.191. The molecule has 0 heterocycles. The van der Waals surface area contributed by atoms with Crippen LogP contribution in [0.5, 0.6) is 0 Å². The van der Waals surface area contributed by atoms with Crippen molar-refractivity contribution in [2.75, 3.05) is 18.9 Å². The van der Waals surface area contributed by atoms with Gasteiger partial charge in [-0.05, 0) is 49.9 Å². The Kier molecular flexibility index (Phi) is 13.0. The third kappa shape index (κ3) is 9.21. The molecule has 8 heteroatoms. The Morgan fingerprint density at radius 3 is 1.50 bits per heavy atom. The lowest BCUT2D eigenvalue weighted by Crippen LogP contribution is -2.15. The molecule has 2 unspecified atom stereocenters. The maximum absolute atomic E-state index is 11.8. The topological polar surface area (TPSA) is 122 Å². The van der Waals surface area contributed by atoms with Crippen molar-refractivity contribution >= 4 is 23.3 Å². The maximum Gasteiger partial charge on any atom is 0.313 e. The first-order chi connectivity index (χ1) is 16.3. The Hall–Kier alpha value is -3.42. The molecular formula is C26H36N2O6. The van der Waals surface area contributed by atoms with Gasteiger partial charge in [0.05, 0.1) is 30.0 Å². The third-order valence-electron chi connectivity index (χ3n) is 5.14. The fourth-order valence-electron chi connectivity index (χ4n) is 3.46. The van der Waals surface area contributed by atoms with Crippen LogP contribution in [0, 0.1) is 10.1 Å². The van der Waals surface area contributed by atoms with Gasteiger partial charge in [0, 0.05) is 17.8 Å². The standard InChI is InChI=1S/C13H17NO4.C13H19NO2/c1-3-5-12(13(15)18-4-2)10-6-8-11(9-7-10)14(16)17;1-3-5-12(13(15)16-4-2)10-6-8-11(14)9-7-10/h6-9,12H,3-5H2,1-2H3;6-9,12H,3-5,14H2,1-2H3. The number of carbonyl (C=O) groups excluding carboxylic acids is 2. The highest BCUT2D eigenvalue weighted by atomic mass is 16.6. The van der Waals surface area contributed by atoms with E-state index < -0.39 is 4.92 Å². The van der Waals surface area contributed by atoms with Crippen molar-refractivity contribution in [3.63, 3.8) is 0 Å². The summed E-state index contributed by atoms with van der Waals surface area (Å²) in [5.41, 5.74) is 8.10. The smallest absolute Gasteiger partial charge is 0.313 e. The maximum atomic E-state index is 11.8. The normalized spacial score (nSPS) is 12.0. The van der Waals surface area contributed by atoms with E-state index in [9.17, 15) is 19.7 Å². The Morgan fingerprint density at radius 1 is 0.794 bits per heavy atom. The van der Waals surface area contributed by atoms with Gasteiger partial charge in [-0.3, -0.25) is 19.7 Å². The summed E-state index contributed by atoms with van der Waals surface area (Å²) < 4.78 is 10.1. The Balaban J connectivity index is 0.000000342. The minimum atomic E-state index is -0.455. The van der Waals surface area contributed by atoms with Crippen LogP contribution in [-0.2, 0) is 19.1 Å². The van der Waals surface area contributed by atoms with Crippen molar-refractivity contribution in [1.82, 2.24) is 0 Å². The molecule has 0 bridgehead atoms. The van der Waals surface area contributed by atoms with Crippen molar-refractivity contribution < 1.29 is 24.0 Å². The van der Waals surface area contributed by atoms with Gasteiger partial charge in [-0.15, -0.1) is 0 Å². The molecule has 34 heavy (non-hydrogen) atoms. The number of carbonyl (C=O) groups is 2. The number of hydrogen-bond donors (Lipinski definition) is 1. The van der Waals surface area contributed by atoms with Crippen LogP contribution < -0.4 is 5.73 Å². The number of esters is 2. The van der Waals surface area contributed by atoms with E-state index >= 15 is 0 Å². The SMILES string of the molecule is CCCC(C(=O)OCC)c1ccc(N)cc1.CCCC(C(=O)OCC)c1ccc([N+](=O)[O-])cc1. The zero-order chi connectivity index (χ0) is 25.5. The van der Waals surface area contributed by atoms with Crippen LogP contribution in [0.15, 0.2) is 48.5 Å². The molecule has 0 aliphatic rings. The van der Waals surface area contributed by atoms with Gasteiger partial charge in [-0.1, -0.05) is 51.0 Å². The highest BCUT2D eigenvalue weighted by Gasteiger charge is 2.22. The molecule has 0 aliphatic heterocycles. The van der Waals surface area contributed by atoms with Gasteiger partial charge in [0.15, 0.2) is 0 Å². The lowest BCUT2D eigenvalue weighted by atomic mass is 9.94. The second-order valence-corrected chi connectivity index (χ2v) is 7.70. The Morgan fingerprint density at radius 2 is 1.18 bits per heavy atom. The molecule has 0 saturated heterocycles. The lowest BCUT2D eigenvalue weighted by Gasteiger charge is -2.15. The molecule has 2 aromatic carbocycles. The zero-order valence-electron chi connectivity index (χ0n) is 20.5. The first-order valence-electron chi connectivity index (χ1n) is 11.7. The van der Waals surface area contributed by atoms with E-state index in [0.717, 1.165) is 30.4 Å². The van der Waals surface area contributed by atoms with Gasteiger partial charge in [0.25, 0.3) is 5.69 Å². The van der Waals surface area contributed by atoms with E-state index in [1.165, 1.54) is 12.1 Å². The summed E-state index contributed by atoms with van der Waals surface area (Å²) in [6.07, 6.45) is 3.29. The van der Waals surface area contributed by atoms with Gasteiger partial charge >= 0.3 is 11.9 Å². The van der Waals surface area contributed by atoms with Crippen molar-refractivity contribution in [2.45, 2.75) is 65.2 Å². The number of nitrogens with two attached hydrogens (primary N) is 1. The molecule has 2 N–H and O–H groups in total. The molecule has 2 atom stereocenters. The van der Waals surface area contributed by atoms with Crippen molar-refractivity contribution in [3.8, 4) is 0 Å². The number of nitro benzene ring substituents is 1. The largest absolute Gasteiger partial charge is 0.466 e. The van der Waals surface area contributed by atoms with Gasteiger partial charge in [-0.25, -0.2) is 0 Å². The van der Waals surface area contributed by atoms with Crippen LogP contribution in [0.2, 0.25) is 0 Å². The number of nitrogens with zero attached hydrogens (tertiary/aromatic N) is 1. The van der Waals surface area contributed by atoms with Crippen molar-refractivity contribution in [2.24, 2.45) is 0 Å². The molecule has 0 aliphatic carbocycles. The van der Waals surface area contributed by atoms with Gasteiger partial charge < -0.3 is 15.2 Å². The Bertz CT molecular complexity index is 897. The van der Waals surface area contributed by atoms with E-state index in [1.54, 1.807) is 19.1 Å². The molecule has 2 aromatic rings. The molecule has 0 fully saturated rings. The summed E-state index contributed by atoms with van der Waals surface area (Å²) in [4.78, 5) is 33.7. The van der Waals surface area contributed by atoms with E-state index in [4.69, 9.17) is 15.2 Å². The van der Waals surface area contributed by atoms with Gasteiger partial charge in [0.2, 0.25) is 0 Å². The highest BCUT2D eigenvalue weighted by Crippen LogP contribution is 2.25. The zero-order valence-corrected chi connectivity index (χ0v) is 20.5. The molecule has 0 saturated carbocycles. The van der Waals surface area contributed by atoms with Gasteiger partial charge in [0.1, 0.15) is 0 Å². The first-order valence-corrected chi connectivity index (χ1v) is 11.7. The number of hydrogen-bond acceptors (Lipinski definition) is 7. The predicted molar refractivity (Wildman–Crippen MR) is 133 cm³/mol. The van der Waals surface area contributed by atoms with Crippen LogP contribution in [-0.4, -0.2) is 30.1 Å². The molecule has 186 valence electrons. The minimum Gasteiger partial charge on any atom is -0.466 e. The number of benzene rings is 2. The summed E-state index contributed by atoms with van der Waals surface area (Å²) in [5.74, 6) is -0.913. The van der Waals surface area contributed by atoms with E-state index in [-0.39, 0.29) is 29.5 Å². The number of non-ortho nitro benzene ring substituents is 1. The first kappa shape index (κ1) is 28.6. The van der Waals surface area contributed by atoms with Crippen LogP contribution >= 0.6 is 0 Å². The monoisotopic (exact) mass is 472 g/mol. The van der Waals surface area contributed by atoms with Gasteiger partial charge in [-0.2, -0.15) is 0 Å². The molecule has 2 rings (SSSR count). The summed E-state index contributed by atoms with van der Waals surface area (Å²) in [6, 6.07) is 13.5. The molecule has 0 amide bonds. The summed E-state index contributed by atoms with van der Waals surface area (Å²) in [5, 5.41) is 10.6. The molecule has 8 nitrogen and oxygen atoms in total. The van der Waals surface area contributed by atoms with Crippen LogP contribution in [0.25, 0.3) is 0 Å². The van der Waals surface area contributed by atoms with E-state index in [2.05, 4.69) is 6.92 Å². The third-order valence-corrected chi connectivity index (χ3v) is 5.14. The number of anilines is 1.